The van der Waals surface area contributed by atoms with E-state index in [1.807, 2.05) is 62.7 Å². The van der Waals surface area contributed by atoms with E-state index in [1.54, 1.807) is 0 Å². The molecule has 3 aromatic rings. The van der Waals surface area contributed by atoms with E-state index in [-0.39, 0.29) is 29.8 Å². The van der Waals surface area contributed by atoms with Crippen LogP contribution >= 0.6 is 23.1 Å². The van der Waals surface area contributed by atoms with Crippen LogP contribution in [0.1, 0.15) is 66.3 Å². The van der Waals surface area contributed by atoms with Crippen molar-refractivity contribution in [3.05, 3.63) is 52.2 Å². The Labute approximate surface area is 213 Å². The van der Waals surface area contributed by atoms with Crippen molar-refractivity contribution < 1.29 is 19.1 Å². The molecule has 186 valence electrons. The lowest BCUT2D eigenvalue weighted by molar-refractivity contribution is -0.113. The van der Waals surface area contributed by atoms with E-state index in [0.29, 0.717) is 21.5 Å². The number of hydrogen-bond donors (Lipinski definition) is 1. The second-order valence-corrected chi connectivity index (χ2v) is 10.7. The van der Waals surface area contributed by atoms with Crippen molar-refractivity contribution in [1.29, 1.82) is 0 Å². The highest BCUT2D eigenvalue weighted by molar-refractivity contribution is 7.99. The average Bonchev–Trinajstić information content (AvgIpc) is 3.37. The van der Waals surface area contributed by atoms with Crippen molar-refractivity contribution >= 4 is 40.0 Å². The second kappa shape index (κ2) is 11.3. The van der Waals surface area contributed by atoms with Gasteiger partial charge < -0.3 is 19.4 Å². The van der Waals surface area contributed by atoms with E-state index >= 15 is 0 Å². The Morgan fingerprint density at radius 2 is 1.89 bits per heavy atom. The number of para-hydroxylation sites is 1. The van der Waals surface area contributed by atoms with Crippen LogP contribution in [0.4, 0.5) is 5.00 Å². The minimum absolute atomic E-state index is 0.140. The number of nitrogens with zero attached hydrogens (tertiary/aromatic N) is 3. The van der Waals surface area contributed by atoms with E-state index in [4.69, 9.17) is 9.47 Å². The fraction of sp³-hybridized carbons (Fsp3) is 0.440. The molecule has 0 aliphatic heterocycles. The number of thiophene rings is 1. The number of aryl methyl sites for hydroxylation is 1. The highest BCUT2D eigenvalue weighted by atomic mass is 32.2. The normalized spacial score (nSPS) is 13.9. The van der Waals surface area contributed by atoms with Crippen molar-refractivity contribution in [3.8, 4) is 5.75 Å². The molecule has 35 heavy (non-hydrogen) atoms. The van der Waals surface area contributed by atoms with Crippen LogP contribution in [0.5, 0.6) is 5.75 Å². The maximum absolute atomic E-state index is 12.8. The topological polar surface area (TPSA) is 95.3 Å². The molecule has 1 aliphatic carbocycles. The number of amides is 1. The number of hydrogen-bond acceptors (Lipinski definition) is 8. The molecule has 2 heterocycles. The highest BCUT2D eigenvalue weighted by Crippen LogP contribution is 2.39. The van der Waals surface area contributed by atoms with Gasteiger partial charge in [-0.1, -0.05) is 30.0 Å². The summed E-state index contributed by atoms with van der Waals surface area (Å²) in [6, 6.07) is 9.54. The van der Waals surface area contributed by atoms with Crippen LogP contribution in [0.3, 0.4) is 0 Å². The minimum Gasteiger partial charge on any atom is -0.483 e. The van der Waals surface area contributed by atoms with Crippen molar-refractivity contribution in [2.24, 2.45) is 7.05 Å². The summed E-state index contributed by atoms with van der Waals surface area (Å²) in [7, 11) is 1.85. The Bertz CT molecular complexity index is 1190. The third-order valence-corrected chi connectivity index (χ3v) is 7.82. The zero-order chi connectivity index (χ0) is 24.9. The predicted molar refractivity (Wildman–Crippen MR) is 137 cm³/mol. The summed E-state index contributed by atoms with van der Waals surface area (Å²) in [6.45, 7) is 5.56. The van der Waals surface area contributed by atoms with Gasteiger partial charge in [-0.15, -0.1) is 21.5 Å². The number of esters is 1. The third kappa shape index (κ3) is 6.05. The van der Waals surface area contributed by atoms with E-state index in [1.165, 1.54) is 28.0 Å². The molecule has 4 rings (SSSR count). The van der Waals surface area contributed by atoms with Crippen molar-refractivity contribution in [2.75, 3.05) is 11.1 Å². The lowest BCUT2D eigenvalue weighted by atomic mass is 9.95. The number of rotatable bonds is 9. The lowest BCUT2D eigenvalue weighted by Gasteiger charge is -2.14. The van der Waals surface area contributed by atoms with Gasteiger partial charge in [0.2, 0.25) is 5.91 Å². The number of benzene rings is 1. The Hall–Kier alpha value is -2.85. The number of carbonyl (C=O) groups is 2. The smallest absolute Gasteiger partial charge is 0.341 e. The summed E-state index contributed by atoms with van der Waals surface area (Å²) in [5.74, 6) is 0.989. The fourth-order valence-electron chi connectivity index (χ4n) is 4.00. The van der Waals surface area contributed by atoms with Crippen LogP contribution in [0.25, 0.3) is 0 Å². The SMILES string of the molecule is CC(C)OC(=O)c1c(NC(=O)CSc2nnc(C(C)Oc3ccccc3)n2C)sc2c1CCCC2. The molecular formula is C25H30N4O4S2. The van der Waals surface area contributed by atoms with Gasteiger partial charge in [-0.05, 0) is 64.2 Å². The molecule has 0 saturated heterocycles. The quantitative estimate of drug-likeness (QED) is 0.310. The first-order chi connectivity index (χ1) is 16.8. The first-order valence-corrected chi connectivity index (χ1v) is 13.5. The van der Waals surface area contributed by atoms with Gasteiger partial charge in [-0.3, -0.25) is 4.79 Å². The number of ether oxygens (including phenoxy) is 2. The molecule has 0 fully saturated rings. The van der Waals surface area contributed by atoms with Gasteiger partial charge in [0.05, 0.1) is 17.4 Å². The number of aromatic nitrogens is 3. The van der Waals surface area contributed by atoms with Gasteiger partial charge in [-0.2, -0.15) is 0 Å². The molecule has 0 radical (unpaired) electrons. The number of nitrogens with one attached hydrogen (secondary N) is 1. The monoisotopic (exact) mass is 514 g/mol. The maximum Gasteiger partial charge on any atom is 0.341 e. The van der Waals surface area contributed by atoms with Crippen molar-refractivity contribution in [3.63, 3.8) is 0 Å². The summed E-state index contributed by atoms with van der Waals surface area (Å²) in [6.07, 6.45) is 3.37. The van der Waals surface area contributed by atoms with E-state index in [0.717, 1.165) is 37.0 Å². The van der Waals surface area contributed by atoms with Gasteiger partial charge >= 0.3 is 5.97 Å². The van der Waals surface area contributed by atoms with Gasteiger partial charge in [0.1, 0.15) is 10.8 Å². The molecule has 1 amide bonds. The van der Waals surface area contributed by atoms with Gasteiger partial charge in [0.15, 0.2) is 17.1 Å². The fourth-order valence-corrected chi connectivity index (χ4v) is 6.01. The molecule has 1 aromatic carbocycles. The average molecular weight is 515 g/mol. The largest absolute Gasteiger partial charge is 0.483 e. The molecule has 1 atom stereocenters. The summed E-state index contributed by atoms with van der Waals surface area (Å²) in [4.78, 5) is 26.8. The van der Waals surface area contributed by atoms with E-state index in [9.17, 15) is 9.59 Å². The third-order valence-electron chi connectivity index (χ3n) is 5.59. The molecule has 1 unspecified atom stereocenters. The summed E-state index contributed by atoms with van der Waals surface area (Å²) >= 11 is 2.78. The molecular weight excluding hydrogens is 484 g/mol. The Balaban J connectivity index is 1.41. The Morgan fingerprint density at radius 3 is 2.63 bits per heavy atom. The minimum atomic E-state index is -0.368. The first-order valence-electron chi connectivity index (χ1n) is 11.7. The Kier molecular flexibility index (Phi) is 8.12. The number of thioether (sulfide) groups is 1. The zero-order valence-corrected chi connectivity index (χ0v) is 22.0. The zero-order valence-electron chi connectivity index (χ0n) is 20.4. The van der Waals surface area contributed by atoms with Crippen LogP contribution in [0, 0.1) is 0 Å². The maximum atomic E-state index is 12.8. The number of anilines is 1. The van der Waals surface area contributed by atoms with E-state index < -0.39 is 0 Å². The molecule has 1 aliphatic rings. The van der Waals surface area contributed by atoms with E-state index in [2.05, 4.69) is 15.5 Å². The number of fused-ring (bicyclic) bond motifs is 1. The molecule has 0 saturated carbocycles. The highest BCUT2D eigenvalue weighted by Gasteiger charge is 2.28. The van der Waals surface area contributed by atoms with Crippen LogP contribution in [-0.2, 0) is 29.4 Å². The van der Waals surface area contributed by atoms with Crippen LogP contribution in [0.2, 0.25) is 0 Å². The Morgan fingerprint density at radius 1 is 1.14 bits per heavy atom. The molecule has 2 aromatic heterocycles. The lowest BCUT2D eigenvalue weighted by Crippen LogP contribution is -2.19. The predicted octanol–water partition coefficient (Wildman–Crippen LogP) is 5.19. The van der Waals surface area contributed by atoms with Crippen molar-refractivity contribution in [2.45, 2.75) is 63.8 Å². The first kappa shape index (κ1) is 25.2. The summed E-state index contributed by atoms with van der Waals surface area (Å²) in [5.41, 5.74) is 1.55. The molecule has 10 heteroatoms. The van der Waals surface area contributed by atoms with Crippen molar-refractivity contribution in [1.82, 2.24) is 14.8 Å². The van der Waals surface area contributed by atoms with Crippen LogP contribution < -0.4 is 10.1 Å². The van der Waals surface area contributed by atoms with Gasteiger partial charge in [0, 0.05) is 11.9 Å². The standard InChI is InChI=1S/C25H30N4O4S2/c1-15(2)32-24(31)21-18-12-8-9-13-19(18)35-23(21)26-20(30)14-34-25-28-27-22(29(25)4)16(3)33-17-10-6-5-7-11-17/h5-7,10-11,15-16H,8-9,12-14H2,1-4H3,(H,26,30). The molecule has 1 N–H and O–H groups in total. The van der Waals surface area contributed by atoms with Gasteiger partial charge in [-0.25, -0.2) is 4.79 Å². The van der Waals surface area contributed by atoms with Crippen LogP contribution in [0.15, 0.2) is 35.5 Å². The second-order valence-electron chi connectivity index (χ2n) is 8.68. The molecule has 0 spiro atoms. The summed E-state index contributed by atoms with van der Waals surface area (Å²) < 4.78 is 13.3. The van der Waals surface area contributed by atoms with Gasteiger partial charge in [0.25, 0.3) is 0 Å². The number of carbonyl (C=O) groups excluding carboxylic acids is 2. The molecule has 8 nitrogen and oxygen atoms in total. The summed E-state index contributed by atoms with van der Waals surface area (Å²) in [5, 5.41) is 12.6. The van der Waals surface area contributed by atoms with Crippen LogP contribution in [-0.4, -0.2) is 38.5 Å². The molecule has 0 bridgehead atoms.